The molecule has 1 amide bonds. The molecule has 2 fully saturated rings. The van der Waals surface area contributed by atoms with Gasteiger partial charge in [0.15, 0.2) is 0 Å². The Morgan fingerprint density at radius 2 is 2.03 bits per heavy atom. The van der Waals surface area contributed by atoms with E-state index in [9.17, 15) is 4.79 Å². The van der Waals surface area contributed by atoms with E-state index in [-0.39, 0.29) is 11.8 Å². The van der Waals surface area contributed by atoms with Crippen LogP contribution in [0.25, 0.3) is 0 Å². The number of carbonyl (C=O) groups is 1. The van der Waals surface area contributed by atoms with Crippen molar-refractivity contribution in [3.63, 3.8) is 0 Å². The Bertz CT molecular complexity index is 811. The Kier molecular flexibility index (Phi) is 6.64. The molecule has 0 bridgehead atoms. The van der Waals surface area contributed by atoms with Gasteiger partial charge in [0.1, 0.15) is 11.6 Å². The van der Waals surface area contributed by atoms with Crippen molar-refractivity contribution >= 4 is 22.6 Å². The van der Waals surface area contributed by atoms with E-state index in [2.05, 4.69) is 20.7 Å². The van der Waals surface area contributed by atoms with Gasteiger partial charge in [0, 0.05) is 43.5 Å². The van der Waals surface area contributed by atoms with Crippen LogP contribution in [0, 0.1) is 11.8 Å². The van der Waals surface area contributed by atoms with Gasteiger partial charge in [0.25, 0.3) is 0 Å². The molecule has 1 saturated heterocycles. The number of benzene rings is 1. The van der Waals surface area contributed by atoms with Crippen LogP contribution in [0.3, 0.4) is 0 Å². The lowest BCUT2D eigenvalue weighted by molar-refractivity contribution is -0.125. The van der Waals surface area contributed by atoms with E-state index in [1.54, 1.807) is 7.11 Å². The molecule has 2 aliphatic rings. The topological polar surface area (TPSA) is 67.3 Å². The van der Waals surface area contributed by atoms with Gasteiger partial charge < -0.3 is 15.0 Å². The first-order valence-electron chi connectivity index (χ1n) is 10.7. The van der Waals surface area contributed by atoms with Crippen molar-refractivity contribution in [1.29, 1.82) is 0 Å². The standard InChI is InChI=1S/C22H30N4O2S/c1-28-19-8-4-5-17(13-19)14-20-24-22(29-25-20)26-11-9-16(10-12-26)15-23-21(27)18-6-2-3-7-18/h4-5,8,13,16,18H,2-3,6-7,9-12,14-15H2,1H3,(H,23,27). The van der Waals surface area contributed by atoms with E-state index in [0.29, 0.717) is 5.92 Å². The number of ether oxygens (including phenoxy) is 1. The number of aromatic nitrogens is 2. The average molecular weight is 415 g/mol. The van der Waals surface area contributed by atoms with Crippen LogP contribution in [0.5, 0.6) is 5.75 Å². The third-order valence-corrected chi connectivity index (χ3v) is 6.94. The van der Waals surface area contributed by atoms with Crippen LogP contribution in [0.4, 0.5) is 5.13 Å². The van der Waals surface area contributed by atoms with Gasteiger partial charge in [0.2, 0.25) is 11.0 Å². The van der Waals surface area contributed by atoms with Gasteiger partial charge in [-0.3, -0.25) is 4.79 Å². The summed E-state index contributed by atoms with van der Waals surface area (Å²) in [6, 6.07) is 8.06. The minimum Gasteiger partial charge on any atom is -0.497 e. The van der Waals surface area contributed by atoms with E-state index in [0.717, 1.165) is 74.0 Å². The predicted octanol–water partition coefficient (Wildman–Crippen LogP) is 3.66. The Morgan fingerprint density at radius 3 is 2.79 bits per heavy atom. The van der Waals surface area contributed by atoms with E-state index in [1.165, 1.54) is 24.4 Å². The summed E-state index contributed by atoms with van der Waals surface area (Å²) < 4.78 is 9.85. The van der Waals surface area contributed by atoms with Crippen LogP contribution in [-0.2, 0) is 11.2 Å². The van der Waals surface area contributed by atoms with Crippen LogP contribution in [0.2, 0.25) is 0 Å². The van der Waals surface area contributed by atoms with E-state index < -0.39 is 0 Å². The van der Waals surface area contributed by atoms with Crippen molar-refractivity contribution in [2.24, 2.45) is 11.8 Å². The minimum absolute atomic E-state index is 0.263. The Balaban J connectivity index is 1.24. The van der Waals surface area contributed by atoms with Crippen LogP contribution < -0.4 is 15.0 Å². The molecule has 0 radical (unpaired) electrons. The van der Waals surface area contributed by atoms with Gasteiger partial charge in [-0.15, -0.1) is 0 Å². The van der Waals surface area contributed by atoms with Gasteiger partial charge in [-0.25, -0.2) is 4.98 Å². The van der Waals surface area contributed by atoms with Crippen molar-refractivity contribution in [2.75, 3.05) is 31.6 Å². The maximum Gasteiger partial charge on any atom is 0.223 e. The second-order valence-corrected chi connectivity index (χ2v) is 8.91. The van der Waals surface area contributed by atoms with Gasteiger partial charge in [0.05, 0.1) is 7.11 Å². The lowest BCUT2D eigenvalue weighted by atomic mass is 9.96. The third-order valence-electron chi connectivity index (χ3n) is 6.13. The fourth-order valence-electron chi connectivity index (χ4n) is 4.32. The van der Waals surface area contributed by atoms with Gasteiger partial charge in [-0.1, -0.05) is 25.0 Å². The van der Waals surface area contributed by atoms with Crippen molar-refractivity contribution in [3.8, 4) is 5.75 Å². The molecule has 0 atom stereocenters. The van der Waals surface area contributed by atoms with Gasteiger partial charge in [-0.05, 0) is 49.3 Å². The van der Waals surface area contributed by atoms with Crippen LogP contribution in [0.15, 0.2) is 24.3 Å². The molecule has 156 valence electrons. The highest BCUT2D eigenvalue weighted by atomic mass is 32.1. The summed E-state index contributed by atoms with van der Waals surface area (Å²) in [7, 11) is 1.68. The Hall–Kier alpha value is -2.15. The zero-order chi connectivity index (χ0) is 20.1. The number of anilines is 1. The summed E-state index contributed by atoms with van der Waals surface area (Å²) in [6.07, 6.45) is 7.46. The van der Waals surface area contributed by atoms with E-state index in [1.807, 2.05) is 18.2 Å². The molecule has 1 aliphatic carbocycles. The maximum absolute atomic E-state index is 12.2. The highest BCUT2D eigenvalue weighted by Gasteiger charge is 2.25. The second-order valence-electron chi connectivity index (χ2n) is 8.18. The van der Waals surface area contributed by atoms with E-state index in [4.69, 9.17) is 9.72 Å². The molecule has 1 N–H and O–H groups in total. The van der Waals surface area contributed by atoms with E-state index >= 15 is 0 Å². The lowest BCUT2D eigenvalue weighted by Gasteiger charge is -2.31. The molecule has 29 heavy (non-hydrogen) atoms. The summed E-state index contributed by atoms with van der Waals surface area (Å²) in [4.78, 5) is 19.3. The fraction of sp³-hybridized carbons (Fsp3) is 0.591. The highest BCUT2D eigenvalue weighted by molar-refractivity contribution is 7.09. The summed E-state index contributed by atoms with van der Waals surface area (Å²) in [5.74, 6) is 2.83. The van der Waals surface area contributed by atoms with Crippen LogP contribution in [0.1, 0.15) is 49.9 Å². The Labute approximate surface area is 176 Å². The number of nitrogens with zero attached hydrogens (tertiary/aromatic N) is 3. The molecule has 1 aromatic heterocycles. The quantitative estimate of drug-likeness (QED) is 0.749. The normalized spacial score (nSPS) is 18.2. The first-order chi connectivity index (χ1) is 14.2. The summed E-state index contributed by atoms with van der Waals surface area (Å²) in [5, 5.41) is 4.21. The lowest BCUT2D eigenvalue weighted by Crippen LogP contribution is -2.40. The number of hydrogen-bond donors (Lipinski definition) is 1. The van der Waals surface area contributed by atoms with Crippen LogP contribution in [-0.4, -0.2) is 42.0 Å². The van der Waals surface area contributed by atoms with Crippen LogP contribution >= 0.6 is 11.5 Å². The second kappa shape index (κ2) is 9.57. The third kappa shape index (κ3) is 5.26. The molecule has 2 heterocycles. The molecule has 6 nitrogen and oxygen atoms in total. The van der Waals surface area contributed by atoms with Crippen molar-refractivity contribution in [3.05, 3.63) is 35.7 Å². The maximum atomic E-state index is 12.2. The minimum atomic E-state index is 0.263. The molecule has 1 saturated carbocycles. The number of hydrogen-bond acceptors (Lipinski definition) is 6. The number of nitrogens with one attached hydrogen (secondary N) is 1. The molecule has 1 aromatic carbocycles. The average Bonchev–Trinajstić information content (AvgIpc) is 3.45. The molecule has 1 aliphatic heterocycles. The summed E-state index contributed by atoms with van der Waals surface area (Å²) in [6.45, 7) is 2.79. The van der Waals surface area contributed by atoms with Crippen molar-refractivity contribution in [2.45, 2.75) is 44.9 Å². The summed E-state index contributed by atoms with van der Waals surface area (Å²) in [5.41, 5.74) is 1.16. The molecular formula is C22H30N4O2S. The molecule has 0 spiro atoms. The smallest absolute Gasteiger partial charge is 0.223 e. The summed E-state index contributed by atoms with van der Waals surface area (Å²) >= 11 is 1.49. The fourth-order valence-corrected chi connectivity index (χ4v) is 5.05. The van der Waals surface area contributed by atoms with Crippen molar-refractivity contribution in [1.82, 2.24) is 14.7 Å². The van der Waals surface area contributed by atoms with Crippen molar-refractivity contribution < 1.29 is 9.53 Å². The molecular weight excluding hydrogens is 384 g/mol. The predicted molar refractivity (Wildman–Crippen MR) is 116 cm³/mol. The molecule has 0 unspecified atom stereocenters. The number of amides is 1. The number of carbonyl (C=O) groups excluding carboxylic acids is 1. The first-order valence-corrected chi connectivity index (χ1v) is 11.5. The number of rotatable bonds is 7. The SMILES string of the molecule is COc1cccc(Cc2nsc(N3CCC(CNC(=O)C4CCCC4)CC3)n2)c1. The monoisotopic (exact) mass is 414 g/mol. The number of methoxy groups -OCH3 is 1. The highest BCUT2D eigenvalue weighted by Crippen LogP contribution is 2.27. The van der Waals surface area contributed by atoms with Gasteiger partial charge >= 0.3 is 0 Å². The Morgan fingerprint density at radius 1 is 1.24 bits per heavy atom. The molecule has 4 rings (SSSR count). The largest absolute Gasteiger partial charge is 0.497 e. The molecule has 2 aromatic rings. The first kappa shape index (κ1) is 20.1. The zero-order valence-electron chi connectivity index (χ0n) is 17.1. The zero-order valence-corrected chi connectivity index (χ0v) is 17.9. The number of piperidine rings is 1. The molecule has 7 heteroatoms. The van der Waals surface area contributed by atoms with Gasteiger partial charge in [-0.2, -0.15) is 4.37 Å².